The molecule has 1 unspecified atom stereocenters. The van der Waals surface area contributed by atoms with Crippen molar-refractivity contribution in [1.82, 2.24) is 10.1 Å². The smallest absolute Gasteiger partial charge is 0.232 e. The SMILES string of the molecule is COc1cccc(-c2noc(C3CC(=O)N(c4ccccc4F)C3)n2)c1. The van der Waals surface area contributed by atoms with Crippen molar-refractivity contribution in [1.29, 1.82) is 0 Å². The van der Waals surface area contributed by atoms with Crippen LogP contribution in [0.3, 0.4) is 0 Å². The first-order valence-corrected chi connectivity index (χ1v) is 8.18. The molecular formula is C19H16FN3O3. The van der Waals surface area contributed by atoms with Crippen LogP contribution in [0, 0.1) is 5.82 Å². The highest BCUT2D eigenvalue weighted by molar-refractivity contribution is 5.96. The lowest BCUT2D eigenvalue weighted by atomic mass is 10.1. The number of aromatic nitrogens is 2. The van der Waals surface area contributed by atoms with Crippen LogP contribution in [0.15, 0.2) is 53.1 Å². The normalized spacial score (nSPS) is 16.9. The van der Waals surface area contributed by atoms with Gasteiger partial charge in [-0.15, -0.1) is 0 Å². The third-order valence-corrected chi connectivity index (χ3v) is 4.39. The Labute approximate surface area is 149 Å². The van der Waals surface area contributed by atoms with Crippen LogP contribution in [0.5, 0.6) is 5.75 Å². The third-order valence-electron chi connectivity index (χ3n) is 4.39. The lowest BCUT2D eigenvalue weighted by Gasteiger charge is -2.16. The summed E-state index contributed by atoms with van der Waals surface area (Å²) in [4.78, 5) is 18.2. The topological polar surface area (TPSA) is 68.5 Å². The van der Waals surface area contributed by atoms with Crippen molar-refractivity contribution in [2.45, 2.75) is 12.3 Å². The Morgan fingerprint density at radius 2 is 2.08 bits per heavy atom. The summed E-state index contributed by atoms with van der Waals surface area (Å²) >= 11 is 0. The lowest BCUT2D eigenvalue weighted by molar-refractivity contribution is -0.117. The molecule has 132 valence electrons. The molecule has 0 spiro atoms. The van der Waals surface area contributed by atoms with Gasteiger partial charge in [0.25, 0.3) is 0 Å². The molecule has 1 saturated heterocycles. The lowest BCUT2D eigenvalue weighted by Crippen LogP contribution is -2.25. The highest BCUT2D eigenvalue weighted by Crippen LogP contribution is 2.33. The first-order valence-electron chi connectivity index (χ1n) is 8.18. The predicted molar refractivity (Wildman–Crippen MR) is 92.4 cm³/mol. The fraction of sp³-hybridized carbons (Fsp3) is 0.211. The van der Waals surface area contributed by atoms with Gasteiger partial charge >= 0.3 is 0 Å². The number of amides is 1. The van der Waals surface area contributed by atoms with E-state index in [4.69, 9.17) is 9.26 Å². The van der Waals surface area contributed by atoms with Gasteiger partial charge in [-0.3, -0.25) is 4.79 Å². The van der Waals surface area contributed by atoms with Gasteiger partial charge in [-0.2, -0.15) is 4.98 Å². The minimum absolute atomic E-state index is 0.166. The number of carbonyl (C=O) groups is 1. The van der Waals surface area contributed by atoms with E-state index in [1.807, 2.05) is 18.2 Å². The van der Waals surface area contributed by atoms with Gasteiger partial charge in [-0.1, -0.05) is 29.4 Å². The second-order valence-corrected chi connectivity index (χ2v) is 6.04. The van der Waals surface area contributed by atoms with Crippen LogP contribution in [0.4, 0.5) is 10.1 Å². The zero-order valence-corrected chi connectivity index (χ0v) is 14.1. The van der Waals surface area contributed by atoms with Crippen LogP contribution in [0.25, 0.3) is 11.4 Å². The van der Waals surface area contributed by atoms with E-state index in [2.05, 4.69) is 10.1 Å². The van der Waals surface area contributed by atoms with Crippen molar-refractivity contribution < 1.29 is 18.4 Å². The number of methoxy groups -OCH3 is 1. The maximum atomic E-state index is 14.0. The van der Waals surface area contributed by atoms with E-state index < -0.39 is 5.82 Å². The van der Waals surface area contributed by atoms with Crippen molar-refractivity contribution in [3.63, 3.8) is 0 Å². The molecule has 1 amide bonds. The van der Waals surface area contributed by atoms with Crippen molar-refractivity contribution in [3.05, 3.63) is 60.2 Å². The molecule has 0 saturated carbocycles. The molecule has 26 heavy (non-hydrogen) atoms. The zero-order chi connectivity index (χ0) is 18.1. The molecule has 2 aromatic carbocycles. The molecule has 4 rings (SSSR count). The first-order chi connectivity index (χ1) is 12.7. The molecular weight excluding hydrogens is 337 g/mol. The van der Waals surface area contributed by atoms with Gasteiger partial charge in [-0.05, 0) is 24.3 Å². The number of anilines is 1. The largest absolute Gasteiger partial charge is 0.497 e. The monoisotopic (exact) mass is 353 g/mol. The number of hydrogen-bond acceptors (Lipinski definition) is 5. The van der Waals surface area contributed by atoms with Crippen LogP contribution in [-0.2, 0) is 4.79 Å². The summed E-state index contributed by atoms with van der Waals surface area (Å²) in [5, 5.41) is 4.00. The fourth-order valence-electron chi connectivity index (χ4n) is 3.06. The predicted octanol–water partition coefficient (Wildman–Crippen LogP) is 3.40. The molecule has 0 N–H and O–H groups in total. The van der Waals surface area contributed by atoms with Crippen LogP contribution in [-0.4, -0.2) is 29.7 Å². The van der Waals surface area contributed by atoms with E-state index in [9.17, 15) is 9.18 Å². The second-order valence-electron chi connectivity index (χ2n) is 6.04. The Bertz CT molecular complexity index is 956. The fourth-order valence-corrected chi connectivity index (χ4v) is 3.06. The number of hydrogen-bond donors (Lipinski definition) is 0. The summed E-state index contributed by atoms with van der Waals surface area (Å²) in [5.41, 5.74) is 1.03. The van der Waals surface area contributed by atoms with Crippen molar-refractivity contribution >= 4 is 11.6 Å². The summed E-state index contributed by atoms with van der Waals surface area (Å²) < 4.78 is 24.5. The molecule has 6 nitrogen and oxygen atoms in total. The van der Waals surface area contributed by atoms with E-state index >= 15 is 0 Å². The van der Waals surface area contributed by atoms with Crippen molar-refractivity contribution in [2.24, 2.45) is 0 Å². The molecule has 0 radical (unpaired) electrons. The molecule has 3 aromatic rings. The van der Waals surface area contributed by atoms with Gasteiger partial charge in [0.1, 0.15) is 11.6 Å². The Kier molecular flexibility index (Phi) is 4.12. The third kappa shape index (κ3) is 2.92. The molecule has 1 fully saturated rings. The number of rotatable bonds is 4. The number of para-hydroxylation sites is 1. The summed E-state index contributed by atoms with van der Waals surface area (Å²) in [6.07, 6.45) is 0.202. The van der Waals surface area contributed by atoms with Gasteiger partial charge in [0.05, 0.1) is 18.7 Å². The van der Waals surface area contributed by atoms with Gasteiger partial charge in [0, 0.05) is 18.5 Å². The summed E-state index contributed by atoms with van der Waals surface area (Å²) in [7, 11) is 1.59. The molecule has 1 aromatic heterocycles. The average molecular weight is 353 g/mol. The Hall–Kier alpha value is -3.22. The molecule has 0 aliphatic carbocycles. The summed E-state index contributed by atoms with van der Waals surface area (Å²) in [6, 6.07) is 13.5. The summed E-state index contributed by atoms with van der Waals surface area (Å²) in [6.45, 7) is 0.305. The first kappa shape index (κ1) is 16.3. The second kappa shape index (κ2) is 6.59. The van der Waals surface area contributed by atoms with Gasteiger partial charge in [0.15, 0.2) is 0 Å². The highest BCUT2D eigenvalue weighted by Gasteiger charge is 2.36. The van der Waals surface area contributed by atoms with E-state index in [-0.39, 0.29) is 23.9 Å². The molecule has 1 aliphatic heterocycles. The number of ether oxygens (including phenoxy) is 1. The van der Waals surface area contributed by atoms with E-state index in [0.29, 0.717) is 24.0 Å². The molecule has 1 atom stereocenters. The maximum absolute atomic E-state index is 14.0. The Morgan fingerprint density at radius 1 is 1.23 bits per heavy atom. The van der Waals surface area contributed by atoms with Crippen LogP contribution in [0.2, 0.25) is 0 Å². The summed E-state index contributed by atoms with van der Waals surface area (Å²) in [5.74, 6) is 0.626. The van der Waals surface area contributed by atoms with Gasteiger partial charge < -0.3 is 14.2 Å². The highest BCUT2D eigenvalue weighted by atomic mass is 19.1. The Balaban J connectivity index is 1.57. The molecule has 0 bridgehead atoms. The molecule has 1 aliphatic rings. The van der Waals surface area contributed by atoms with Gasteiger partial charge in [-0.25, -0.2) is 4.39 Å². The zero-order valence-electron chi connectivity index (χ0n) is 14.1. The van der Waals surface area contributed by atoms with Crippen molar-refractivity contribution in [2.75, 3.05) is 18.6 Å². The number of halogens is 1. The van der Waals surface area contributed by atoms with Crippen LogP contribution < -0.4 is 9.64 Å². The average Bonchev–Trinajstić information content (AvgIpc) is 3.29. The number of carbonyl (C=O) groups excluding carboxylic acids is 1. The minimum Gasteiger partial charge on any atom is -0.497 e. The standard InChI is InChI=1S/C19H16FN3O3/c1-25-14-6-4-5-12(9-14)18-21-19(26-22-18)13-10-17(24)23(11-13)16-8-3-2-7-15(16)20/h2-9,13H,10-11H2,1H3. The van der Waals surface area contributed by atoms with E-state index in [1.165, 1.54) is 11.0 Å². The molecule has 7 heteroatoms. The Morgan fingerprint density at radius 3 is 2.88 bits per heavy atom. The molecule has 2 heterocycles. The minimum atomic E-state index is -0.427. The van der Waals surface area contributed by atoms with Crippen LogP contribution in [0.1, 0.15) is 18.2 Å². The quantitative estimate of drug-likeness (QED) is 0.719. The number of benzene rings is 2. The van der Waals surface area contributed by atoms with Crippen LogP contribution >= 0.6 is 0 Å². The van der Waals surface area contributed by atoms with E-state index in [0.717, 1.165) is 5.56 Å². The maximum Gasteiger partial charge on any atom is 0.232 e. The van der Waals surface area contributed by atoms with Gasteiger partial charge in [0.2, 0.25) is 17.6 Å². The van der Waals surface area contributed by atoms with Crippen molar-refractivity contribution in [3.8, 4) is 17.1 Å². The number of nitrogens with zero attached hydrogens (tertiary/aromatic N) is 3. The van der Waals surface area contributed by atoms with E-state index in [1.54, 1.807) is 31.4 Å².